The Morgan fingerprint density at radius 2 is 1.84 bits per heavy atom. The summed E-state index contributed by atoms with van der Waals surface area (Å²) < 4.78 is 48.4. The standard InChI is InChI=1S/C15H8F3N3O4/c16-15(17,18)10-3-6-13(12(7-10)21(22)23)25-11-4-1-9(2-5-11)14-20-19-8-24-14/h1-8H. The number of nitrogens with zero attached hydrogens (tertiary/aromatic N) is 3. The van der Waals surface area contributed by atoms with Crippen LogP contribution in [0.5, 0.6) is 11.5 Å². The van der Waals surface area contributed by atoms with Crippen LogP contribution in [0.25, 0.3) is 11.5 Å². The fourth-order valence-corrected chi connectivity index (χ4v) is 2.01. The highest BCUT2D eigenvalue weighted by molar-refractivity contribution is 5.55. The number of nitro benzene ring substituents is 1. The topological polar surface area (TPSA) is 91.3 Å². The summed E-state index contributed by atoms with van der Waals surface area (Å²) in [6.07, 6.45) is -3.53. The molecule has 1 heterocycles. The van der Waals surface area contributed by atoms with E-state index in [1.54, 1.807) is 12.1 Å². The predicted octanol–water partition coefficient (Wildman–Crippen LogP) is 4.46. The number of aromatic nitrogens is 2. The summed E-state index contributed by atoms with van der Waals surface area (Å²) in [5.74, 6) is 0.168. The van der Waals surface area contributed by atoms with E-state index in [1.807, 2.05) is 0 Å². The molecule has 2 aromatic carbocycles. The average molecular weight is 351 g/mol. The lowest BCUT2D eigenvalue weighted by Crippen LogP contribution is -2.06. The maximum absolute atomic E-state index is 12.7. The molecule has 0 atom stereocenters. The quantitative estimate of drug-likeness (QED) is 0.509. The van der Waals surface area contributed by atoms with Crippen molar-refractivity contribution < 1.29 is 27.2 Å². The zero-order valence-corrected chi connectivity index (χ0v) is 12.2. The lowest BCUT2D eigenvalue weighted by atomic mass is 10.1. The molecule has 0 N–H and O–H groups in total. The molecule has 0 bridgehead atoms. The number of nitro groups is 1. The van der Waals surface area contributed by atoms with E-state index in [9.17, 15) is 23.3 Å². The van der Waals surface area contributed by atoms with Crippen molar-refractivity contribution in [2.45, 2.75) is 6.18 Å². The second kappa shape index (κ2) is 6.23. The van der Waals surface area contributed by atoms with Crippen LogP contribution in [-0.2, 0) is 6.18 Å². The third kappa shape index (κ3) is 3.57. The van der Waals surface area contributed by atoms with Gasteiger partial charge in [-0.25, -0.2) is 0 Å². The summed E-state index contributed by atoms with van der Waals surface area (Å²) in [5, 5.41) is 18.3. The third-order valence-corrected chi connectivity index (χ3v) is 3.17. The molecule has 0 aliphatic carbocycles. The first-order valence-electron chi connectivity index (χ1n) is 6.74. The Balaban J connectivity index is 1.88. The van der Waals surface area contributed by atoms with E-state index in [0.29, 0.717) is 11.6 Å². The molecule has 128 valence electrons. The molecule has 0 saturated heterocycles. The van der Waals surface area contributed by atoms with Crippen LogP contribution in [0.15, 0.2) is 53.3 Å². The second-order valence-corrected chi connectivity index (χ2v) is 4.81. The largest absolute Gasteiger partial charge is 0.450 e. The molecule has 3 aromatic rings. The minimum absolute atomic E-state index is 0.200. The van der Waals surface area contributed by atoms with Gasteiger partial charge in [-0.1, -0.05) is 0 Å². The Bertz CT molecular complexity index is 893. The first kappa shape index (κ1) is 16.4. The maximum Gasteiger partial charge on any atom is 0.416 e. The fraction of sp³-hybridized carbons (Fsp3) is 0.0667. The zero-order valence-electron chi connectivity index (χ0n) is 12.2. The molecule has 3 rings (SSSR count). The lowest BCUT2D eigenvalue weighted by molar-refractivity contribution is -0.385. The molecule has 0 spiro atoms. The van der Waals surface area contributed by atoms with E-state index in [4.69, 9.17) is 9.15 Å². The molecule has 0 aliphatic heterocycles. The molecule has 1 aromatic heterocycles. The molecular weight excluding hydrogens is 343 g/mol. The highest BCUT2D eigenvalue weighted by Gasteiger charge is 2.33. The smallest absolute Gasteiger partial charge is 0.416 e. The number of ether oxygens (including phenoxy) is 1. The molecule has 0 radical (unpaired) electrons. The van der Waals surface area contributed by atoms with Crippen LogP contribution in [-0.4, -0.2) is 15.1 Å². The van der Waals surface area contributed by atoms with Gasteiger partial charge in [0.2, 0.25) is 18.0 Å². The first-order valence-corrected chi connectivity index (χ1v) is 6.74. The number of hydrogen-bond acceptors (Lipinski definition) is 6. The molecule has 0 unspecified atom stereocenters. The van der Waals surface area contributed by atoms with Crippen LogP contribution in [0.2, 0.25) is 0 Å². The van der Waals surface area contributed by atoms with E-state index in [-0.39, 0.29) is 17.4 Å². The van der Waals surface area contributed by atoms with Crippen molar-refractivity contribution >= 4 is 5.69 Å². The van der Waals surface area contributed by atoms with Crippen LogP contribution >= 0.6 is 0 Å². The minimum atomic E-state index is -4.69. The van der Waals surface area contributed by atoms with Crippen molar-refractivity contribution in [2.24, 2.45) is 0 Å². The monoisotopic (exact) mass is 351 g/mol. The Morgan fingerprint density at radius 1 is 1.12 bits per heavy atom. The van der Waals surface area contributed by atoms with Gasteiger partial charge in [0.1, 0.15) is 5.75 Å². The van der Waals surface area contributed by atoms with Crippen LogP contribution in [0.3, 0.4) is 0 Å². The highest BCUT2D eigenvalue weighted by atomic mass is 19.4. The van der Waals surface area contributed by atoms with Crippen molar-refractivity contribution in [2.75, 3.05) is 0 Å². The summed E-state index contributed by atoms with van der Waals surface area (Å²) in [7, 11) is 0. The van der Waals surface area contributed by atoms with E-state index in [0.717, 1.165) is 18.5 Å². The van der Waals surface area contributed by atoms with Gasteiger partial charge in [-0.15, -0.1) is 10.2 Å². The van der Waals surface area contributed by atoms with Crippen molar-refractivity contribution in [1.29, 1.82) is 0 Å². The van der Waals surface area contributed by atoms with Crippen molar-refractivity contribution in [3.8, 4) is 23.0 Å². The lowest BCUT2D eigenvalue weighted by Gasteiger charge is -2.10. The van der Waals surface area contributed by atoms with E-state index in [1.165, 1.54) is 12.1 Å². The second-order valence-electron chi connectivity index (χ2n) is 4.81. The molecular formula is C15H8F3N3O4. The van der Waals surface area contributed by atoms with Crippen LogP contribution in [0.1, 0.15) is 5.56 Å². The minimum Gasteiger partial charge on any atom is -0.450 e. The van der Waals surface area contributed by atoms with Gasteiger partial charge < -0.3 is 9.15 Å². The van der Waals surface area contributed by atoms with Gasteiger partial charge in [0.25, 0.3) is 0 Å². The van der Waals surface area contributed by atoms with Crippen LogP contribution in [0, 0.1) is 10.1 Å². The van der Waals surface area contributed by atoms with Gasteiger partial charge in [-0.05, 0) is 36.4 Å². The molecule has 0 aliphatic rings. The van der Waals surface area contributed by atoms with Gasteiger partial charge in [0.15, 0.2) is 0 Å². The van der Waals surface area contributed by atoms with Gasteiger partial charge in [-0.2, -0.15) is 13.2 Å². The fourth-order valence-electron chi connectivity index (χ4n) is 2.01. The molecule has 0 fully saturated rings. The number of benzene rings is 2. The summed E-state index contributed by atoms with van der Waals surface area (Å²) in [6, 6.07) is 8.14. The summed E-state index contributed by atoms with van der Waals surface area (Å²) >= 11 is 0. The third-order valence-electron chi connectivity index (χ3n) is 3.17. The molecule has 10 heteroatoms. The van der Waals surface area contributed by atoms with E-state index < -0.39 is 22.4 Å². The van der Waals surface area contributed by atoms with Gasteiger partial charge in [0, 0.05) is 11.6 Å². The van der Waals surface area contributed by atoms with Crippen molar-refractivity contribution in [3.63, 3.8) is 0 Å². The van der Waals surface area contributed by atoms with Gasteiger partial charge in [0.05, 0.1) is 10.5 Å². The Kier molecular flexibility index (Phi) is 4.09. The number of rotatable bonds is 4. The summed E-state index contributed by atoms with van der Waals surface area (Å²) in [6.45, 7) is 0. The van der Waals surface area contributed by atoms with Crippen molar-refractivity contribution in [1.82, 2.24) is 10.2 Å². The van der Waals surface area contributed by atoms with E-state index >= 15 is 0 Å². The van der Waals surface area contributed by atoms with Gasteiger partial charge >= 0.3 is 11.9 Å². The predicted molar refractivity (Wildman–Crippen MR) is 77.9 cm³/mol. The molecule has 0 saturated carbocycles. The molecule has 25 heavy (non-hydrogen) atoms. The van der Waals surface area contributed by atoms with E-state index in [2.05, 4.69) is 10.2 Å². The normalized spacial score (nSPS) is 11.3. The van der Waals surface area contributed by atoms with Crippen molar-refractivity contribution in [3.05, 3.63) is 64.5 Å². The molecule has 7 nitrogen and oxygen atoms in total. The highest BCUT2D eigenvalue weighted by Crippen LogP contribution is 2.38. The number of hydrogen-bond donors (Lipinski definition) is 0. The number of alkyl halides is 3. The average Bonchev–Trinajstić information content (AvgIpc) is 3.09. The first-order chi connectivity index (χ1) is 11.8. The number of halogens is 3. The van der Waals surface area contributed by atoms with Crippen LogP contribution < -0.4 is 4.74 Å². The Labute approximate surface area is 137 Å². The zero-order chi connectivity index (χ0) is 18.0. The van der Waals surface area contributed by atoms with Gasteiger partial charge in [-0.3, -0.25) is 10.1 Å². The summed E-state index contributed by atoms with van der Waals surface area (Å²) in [4.78, 5) is 10.1. The molecule has 0 amide bonds. The van der Waals surface area contributed by atoms with Crippen LogP contribution in [0.4, 0.5) is 18.9 Å². The SMILES string of the molecule is O=[N+]([O-])c1cc(C(F)(F)F)ccc1Oc1ccc(-c2nnco2)cc1. The summed E-state index contributed by atoms with van der Waals surface area (Å²) in [5.41, 5.74) is -1.32. The Hall–Kier alpha value is -3.43. The maximum atomic E-state index is 12.7. The Morgan fingerprint density at radius 3 is 2.40 bits per heavy atom.